The Bertz CT molecular complexity index is 828. The minimum Gasteiger partial charge on any atom is -0.387 e. The number of likely N-dealkylation sites (tertiary alicyclic amines) is 1. The van der Waals surface area contributed by atoms with Crippen molar-refractivity contribution in [3.05, 3.63) is 12.7 Å². The molecule has 5 rings (SSSR count). The summed E-state index contributed by atoms with van der Waals surface area (Å²) in [6.45, 7) is 2.76. The van der Waals surface area contributed by atoms with E-state index in [-0.39, 0.29) is 5.82 Å². The van der Waals surface area contributed by atoms with Crippen molar-refractivity contribution in [2.24, 2.45) is 5.41 Å². The van der Waals surface area contributed by atoms with Crippen molar-refractivity contribution in [1.82, 2.24) is 24.4 Å². The van der Waals surface area contributed by atoms with Crippen molar-refractivity contribution in [2.75, 3.05) is 25.4 Å². The third kappa shape index (κ3) is 2.80. The maximum Gasteiger partial charge on any atom is 0.167 e. The second-order valence-corrected chi connectivity index (χ2v) is 8.36. The lowest BCUT2D eigenvalue weighted by atomic mass is 9.68. The van der Waals surface area contributed by atoms with Crippen LogP contribution in [0.15, 0.2) is 12.7 Å². The van der Waals surface area contributed by atoms with Crippen molar-refractivity contribution in [2.45, 2.75) is 56.6 Å². The van der Waals surface area contributed by atoms with Crippen molar-refractivity contribution in [3.63, 3.8) is 0 Å². The van der Waals surface area contributed by atoms with Gasteiger partial charge in [0.15, 0.2) is 17.7 Å². The molecule has 0 aromatic carbocycles. The van der Waals surface area contributed by atoms with Gasteiger partial charge in [-0.2, -0.15) is 0 Å². The van der Waals surface area contributed by atoms with E-state index in [2.05, 4.69) is 19.9 Å². The number of aromatic nitrogens is 4. The number of nitrogens with zero attached hydrogens (tertiary/aromatic N) is 5. The highest BCUT2D eigenvalue weighted by Gasteiger charge is 2.49. The van der Waals surface area contributed by atoms with E-state index < -0.39 is 24.5 Å². The zero-order valence-electron chi connectivity index (χ0n) is 15.2. The molecule has 9 nitrogen and oxygen atoms in total. The number of nitrogen functional groups attached to an aromatic ring is 1. The topological polar surface area (TPSA) is 123 Å². The summed E-state index contributed by atoms with van der Waals surface area (Å²) in [6, 6.07) is 0. The molecule has 0 amide bonds. The number of fused-ring (bicyclic) bond motifs is 1. The van der Waals surface area contributed by atoms with Crippen LogP contribution in [0.25, 0.3) is 11.2 Å². The Hall–Kier alpha value is -1.81. The highest BCUT2D eigenvalue weighted by Crippen LogP contribution is 2.44. The SMILES string of the molecule is Nc1ncnc2c1ncn2[C@@H]1O[C@H](CN2CC3(CCCCC3)C2)[C@@H](O)[C@H]1O. The minimum atomic E-state index is -1.05. The summed E-state index contributed by atoms with van der Waals surface area (Å²) in [6.07, 6.45) is 6.34. The van der Waals surface area contributed by atoms with E-state index in [0.717, 1.165) is 13.1 Å². The van der Waals surface area contributed by atoms with Crippen LogP contribution in [-0.2, 0) is 4.74 Å². The van der Waals surface area contributed by atoms with Crippen LogP contribution in [0.5, 0.6) is 0 Å². The summed E-state index contributed by atoms with van der Waals surface area (Å²) in [5.74, 6) is 0.279. The maximum atomic E-state index is 10.6. The Morgan fingerprint density at radius 3 is 2.67 bits per heavy atom. The van der Waals surface area contributed by atoms with Crippen LogP contribution in [0, 0.1) is 5.41 Å². The summed E-state index contributed by atoms with van der Waals surface area (Å²) in [4.78, 5) is 14.7. The molecule has 4 heterocycles. The van der Waals surface area contributed by atoms with Gasteiger partial charge in [-0.3, -0.25) is 9.47 Å². The Labute approximate surface area is 157 Å². The maximum absolute atomic E-state index is 10.6. The minimum absolute atomic E-state index is 0.279. The average Bonchev–Trinajstić information content (AvgIpc) is 3.19. The molecule has 2 aliphatic heterocycles. The van der Waals surface area contributed by atoms with Gasteiger partial charge in [0.25, 0.3) is 0 Å². The molecular formula is C18H26N6O3. The first-order chi connectivity index (χ1) is 13.1. The number of imidazole rings is 1. The lowest BCUT2D eigenvalue weighted by molar-refractivity contribution is -0.0856. The summed E-state index contributed by atoms with van der Waals surface area (Å²) >= 11 is 0. The lowest BCUT2D eigenvalue weighted by Crippen LogP contribution is -2.59. The number of rotatable bonds is 3. The molecular weight excluding hydrogens is 348 g/mol. The second kappa shape index (κ2) is 6.37. The van der Waals surface area contributed by atoms with E-state index in [1.165, 1.54) is 44.8 Å². The number of hydrogen-bond donors (Lipinski definition) is 3. The molecule has 2 aromatic rings. The first kappa shape index (κ1) is 17.3. The van der Waals surface area contributed by atoms with Gasteiger partial charge < -0.3 is 20.7 Å². The van der Waals surface area contributed by atoms with Crippen LogP contribution in [0.4, 0.5) is 5.82 Å². The predicted octanol–water partition coefficient (Wildman–Crippen LogP) is 0.294. The third-order valence-corrected chi connectivity index (χ3v) is 6.47. The van der Waals surface area contributed by atoms with Crippen molar-refractivity contribution < 1.29 is 14.9 Å². The largest absolute Gasteiger partial charge is 0.387 e. The smallest absolute Gasteiger partial charge is 0.167 e. The zero-order valence-corrected chi connectivity index (χ0v) is 15.2. The predicted molar refractivity (Wildman–Crippen MR) is 97.6 cm³/mol. The van der Waals surface area contributed by atoms with E-state index in [0.29, 0.717) is 23.1 Å². The molecule has 0 bridgehead atoms. The molecule has 3 fully saturated rings. The fourth-order valence-corrected chi connectivity index (χ4v) is 5.07. The number of aliphatic hydroxyl groups is 2. The van der Waals surface area contributed by atoms with E-state index in [1.54, 1.807) is 4.57 Å². The number of nitrogens with two attached hydrogens (primary N) is 1. The van der Waals surface area contributed by atoms with Crippen LogP contribution in [0.3, 0.4) is 0 Å². The van der Waals surface area contributed by atoms with E-state index in [9.17, 15) is 10.2 Å². The van der Waals surface area contributed by atoms with Gasteiger partial charge >= 0.3 is 0 Å². The van der Waals surface area contributed by atoms with Gasteiger partial charge in [0.2, 0.25) is 0 Å². The molecule has 4 atom stereocenters. The van der Waals surface area contributed by atoms with Gasteiger partial charge in [0.1, 0.15) is 30.2 Å². The lowest BCUT2D eigenvalue weighted by Gasteiger charge is -2.53. The standard InChI is InChI=1S/C18H26N6O3/c19-15-12-16(21-9-20-15)24(10-22-12)17-14(26)13(25)11(27-17)6-23-7-18(8-23)4-2-1-3-5-18/h9-11,13-14,17,25-26H,1-8H2,(H2,19,20,21)/t11-,13-,14-,17-/m1/s1. The molecule has 1 saturated carbocycles. The number of ether oxygens (including phenoxy) is 1. The Morgan fingerprint density at radius 2 is 1.89 bits per heavy atom. The molecule has 146 valence electrons. The van der Waals surface area contributed by atoms with Crippen LogP contribution >= 0.6 is 0 Å². The van der Waals surface area contributed by atoms with Gasteiger partial charge in [-0.25, -0.2) is 15.0 Å². The number of aliphatic hydroxyl groups excluding tert-OH is 2. The fraction of sp³-hybridized carbons (Fsp3) is 0.722. The summed E-state index contributed by atoms with van der Waals surface area (Å²) < 4.78 is 7.67. The highest BCUT2D eigenvalue weighted by molar-refractivity contribution is 5.81. The zero-order chi connectivity index (χ0) is 18.6. The van der Waals surface area contributed by atoms with Crippen LogP contribution < -0.4 is 5.73 Å². The van der Waals surface area contributed by atoms with Gasteiger partial charge in [-0.05, 0) is 18.3 Å². The molecule has 0 radical (unpaired) electrons. The van der Waals surface area contributed by atoms with Crippen molar-refractivity contribution in [1.29, 1.82) is 0 Å². The molecule has 2 aromatic heterocycles. The number of anilines is 1. The summed E-state index contributed by atoms with van der Waals surface area (Å²) in [5.41, 5.74) is 7.27. The summed E-state index contributed by atoms with van der Waals surface area (Å²) in [7, 11) is 0. The fourth-order valence-electron chi connectivity index (χ4n) is 5.07. The van der Waals surface area contributed by atoms with Gasteiger partial charge in [0.05, 0.1) is 6.33 Å². The average molecular weight is 374 g/mol. The van der Waals surface area contributed by atoms with E-state index >= 15 is 0 Å². The molecule has 9 heteroatoms. The Morgan fingerprint density at radius 1 is 1.11 bits per heavy atom. The van der Waals surface area contributed by atoms with Gasteiger partial charge in [-0.15, -0.1) is 0 Å². The molecule has 1 spiro atoms. The van der Waals surface area contributed by atoms with Gasteiger partial charge in [0, 0.05) is 19.6 Å². The van der Waals surface area contributed by atoms with Crippen LogP contribution in [-0.4, -0.2) is 72.6 Å². The van der Waals surface area contributed by atoms with Crippen molar-refractivity contribution in [3.8, 4) is 0 Å². The molecule has 0 unspecified atom stereocenters. The Kier molecular flexibility index (Phi) is 4.08. The molecule has 3 aliphatic rings. The van der Waals surface area contributed by atoms with Crippen LogP contribution in [0.1, 0.15) is 38.3 Å². The monoisotopic (exact) mass is 374 g/mol. The third-order valence-electron chi connectivity index (χ3n) is 6.47. The normalized spacial score (nSPS) is 33.6. The number of hydrogen-bond acceptors (Lipinski definition) is 8. The first-order valence-corrected chi connectivity index (χ1v) is 9.73. The highest BCUT2D eigenvalue weighted by atomic mass is 16.6. The van der Waals surface area contributed by atoms with E-state index in [4.69, 9.17) is 10.5 Å². The molecule has 27 heavy (non-hydrogen) atoms. The van der Waals surface area contributed by atoms with Crippen LogP contribution in [0.2, 0.25) is 0 Å². The van der Waals surface area contributed by atoms with Crippen molar-refractivity contribution >= 4 is 17.0 Å². The summed E-state index contributed by atoms with van der Waals surface area (Å²) in [5, 5.41) is 21.1. The molecule has 2 saturated heterocycles. The molecule has 1 aliphatic carbocycles. The van der Waals surface area contributed by atoms with E-state index in [1.807, 2.05) is 0 Å². The molecule has 4 N–H and O–H groups in total. The first-order valence-electron chi connectivity index (χ1n) is 9.73. The quantitative estimate of drug-likeness (QED) is 0.701. The van der Waals surface area contributed by atoms with Gasteiger partial charge in [-0.1, -0.05) is 19.3 Å². The second-order valence-electron chi connectivity index (χ2n) is 8.36. The Balaban J connectivity index is 1.29.